The summed E-state index contributed by atoms with van der Waals surface area (Å²) in [5.41, 5.74) is 0.888. The molecular weight excluding hydrogens is 422 g/mol. The van der Waals surface area contributed by atoms with Gasteiger partial charge < -0.3 is 14.8 Å². The Hall–Kier alpha value is -3.53. The number of aryl methyl sites for hydroxylation is 1. The quantitative estimate of drug-likeness (QED) is 0.582. The zero-order valence-electron chi connectivity index (χ0n) is 17.4. The molecule has 3 aromatic rings. The number of nitrogens with one attached hydrogen (secondary N) is 1. The molecule has 0 saturated carbocycles. The molecule has 31 heavy (non-hydrogen) atoms. The first-order chi connectivity index (χ1) is 14.7. The van der Waals surface area contributed by atoms with Crippen LogP contribution < -0.4 is 10.9 Å². The van der Waals surface area contributed by atoms with Crippen molar-refractivity contribution in [3.8, 4) is 0 Å². The van der Waals surface area contributed by atoms with Crippen LogP contribution in [0.1, 0.15) is 39.4 Å². The molecule has 0 bridgehead atoms. The summed E-state index contributed by atoms with van der Waals surface area (Å²) in [4.78, 5) is 53.9. The molecule has 2 heterocycles. The number of hydrogen-bond acceptors (Lipinski definition) is 8. The molecule has 0 aliphatic heterocycles. The maximum absolute atomic E-state index is 12.8. The first kappa shape index (κ1) is 22.2. The van der Waals surface area contributed by atoms with E-state index in [1.165, 1.54) is 18.0 Å². The summed E-state index contributed by atoms with van der Waals surface area (Å²) >= 11 is 1.07. The molecule has 3 rings (SSSR count). The van der Waals surface area contributed by atoms with Crippen molar-refractivity contribution in [1.82, 2.24) is 9.55 Å². The number of rotatable bonds is 6. The second-order valence-corrected chi connectivity index (χ2v) is 7.98. The lowest BCUT2D eigenvalue weighted by molar-refractivity contribution is -0.116. The predicted octanol–water partition coefficient (Wildman–Crippen LogP) is 2.76. The van der Waals surface area contributed by atoms with Gasteiger partial charge in [0, 0.05) is 5.69 Å². The highest BCUT2D eigenvalue weighted by Gasteiger charge is 2.20. The average Bonchev–Trinajstić information content (AvgIpc) is 3.06. The fourth-order valence-electron chi connectivity index (χ4n) is 2.89. The monoisotopic (exact) mass is 443 g/mol. The van der Waals surface area contributed by atoms with Crippen LogP contribution >= 0.6 is 11.3 Å². The molecule has 0 unspecified atom stereocenters. The van der Waals surface area contributed by atoms with Crippen molar-refractivity contribution in [3.63, 3.8) is 0 Å². The van der Waals surface area contributed by atoms with Crippen LogP contribution in [0.4, 0.5) is 5.69 Å². The highest BCUT2D eigenvalue weighted by atomic mass is 32.1. The minimum Gasteiger partial charge on any atom is -0.465 e. The lowest BCUT2D eigenvalue weighted by Crippen LogP contribution is -2.28. The summed E-state index contributed by atoms with van der Waals surface area (Å²) in [6.45, 7) is 4.90. The number of ether oxygens (including phenoxy) is 2. The van der Waals surface area contributed by atoms with Crippen LogP contribution in [0.3, 0.4) is 0 Å². The fourth-order valence-corrected chi connectivity index (χ4v) is 3.94. The van der Waals surface area contributed by atoms with Gasteiger partial charge in [0.25, 0.3) is 5.56 Å². The lowest BCUT2D eigenvalue weighted by atomic mass is 10.2. The molecule has 9 nitrogen and oxygen atoms in total. The molecule has 0 fully saturated rings. The van der Waals surface area contributed by atoms with Gasteiger partial charge in [-0.15, -0.1) is 11.3 Å². The predicted molar refractivity (Wildman–Crippen MR) is 116 cm³/mol. The van der Waals surface area contributed by atoms with Gasteiger partial charge in [0.2, 0.25) is 5.91 Å². The molecule has 162 valence electrons. The normalized spacial score (nSPS) is 10.9. The number of aromatic nitrogens is 2. The second-order valence-electron chi connectivity index (χ2n) is 6.99. The van der Waals surface area contributed by atoms with Gasteiger partial charge in [0.1, 0.15) is 16.3 Å². The van der Waals surface area contributed by atoms with Gasteiger partial charge in [0.15, 0.2) is 0 Å². The van der Waals surface area contributed by atoms with Crippen LogP contribution in [0.15, 0.2) is 35.4 Å². The number of amides is 1. The van der Waals surface area contributed by atoms with E-state index in [2.05, 4.69) is 10.3 Å². The van der Waals surface area contributed by atoms with Crippen molar-refractivity contribution < 1.29 is 23.9 Å². The van der Waals surface area contributed by atoms with Crippen molar-refractivity contribution in [2.45, 2.75) is 33.4 Å². The molecule has 1 amide bonds. The largest absolute Gasteiger partial charge is 0.465 e. The Morgan fingerprint density at radius 2 is 1.84 bits per heavy atom. The van der Waals surface area contributed by atoms with Crippen LogP contribution in [0.2, 0.25) is 0 Å². The number of nitrogens with zero attached hydrogens (tertiary/aromatic N) is 2. The summed E-state index contributed by atoms with van der Waals surface area (Å²) in [6.07, 6.45) is 1.04. The Morgan fingerprint density at radius 1 is 1.16 bits per heavy atom. The van der Waals surface area contributed by atoms with E-state index in [-0.39, 0.29) is 18.0 Å². The molecule has 0 aliphatic rings. The highest BCUT2D eigenvalue weighted by Crippen LogP contribution is 2.27. The Bertz CT molecular complexity index is 1210. The number of methoxy groups -OCH3 is 1. The molecule has 0 spiro atoms. The van der Waals surface area contributed by atoms with E-state index < -0.39 is 23.4 Å². The van der Waals surface area contributed by atoms with Crippen molar-refractivity contribution in [1.29, 1.82) is 0 Å². The second kappa shape index (κ2) is 9.09. The maximum atomic E-state index is 12.8. The molecule has 0 radical (unpaired) electrons. The summed E-state index contributed by atoms with van der Waals surface area (Å²) < 4.78 is 11.0. The molecule has 2 aromatic heterocycles. The number of fused-ring (bicyclic) bond motifs is 1. The Kier molecular flexibility index (Phi) is 6.50. The van der Waals surface area contributed by atoms with E-state index in [0.717, 1.165) is 11.3 Å². The van der Waals surface area contributed by atoms with E-state index in [1.54, 1.807) is 45.0 Å². The number of anilines is 1. The Labute approximate surface area is 181 Å². The summed E-state index contributed by atoms with van der Waals surface area (Å²) in [5, 5.41) is 2.96. The van der Waals surface area contributed by atoms with Crippen LogP contribution in [-0.2, 0) is 20.8 Å². The third kappa shape index (κ3) is 4.80. The lowest BCUT2D eigenvalue weighted by Gasteiger charge is -2.09. The van der Waals surface area contributed by atoms with Crippen molar-refractivity contribution >= 4 is 45.1 Å². The van der Waals surface area contributed by atoms with Crippen LogP contribution in [0, 0.1) is 6.92 Å². The number of hydrogen-bond donors (Lipinski definition) is 1. The van der Waals surface area contributed by atoms with Gasteiger partial charge in [-0.3, -0.25) is 14.2 Å². The number of esters is 2. The van der Waals surface area contributed by atoms with Crippen LogP contribution in [-0.4, -0.2) is 40.6 Å². The molecular formula is C21H21N3O6S. The van der Waals surface area contributed by atoms with E-state index >= 15 is 0 Å². The zero-order chi connectivity index (χ0) is 22.7. The molecule has 10 heteroatoms. The van der Waals surface area contributed by atoms with Crippen LogP contribution in [0.5, 0.6) is 0 Å². The fraction of sp³-hybridized carbons (Fsp3) is 0.286. The Balaban J connectivity index is 1.75. The van der Waals surface area contributed by atoms with Crippen molar-refractivity contribution in [2.75, 3.05) is 12.4 Å². The molecule has 0 aliphatic carbocycles. The molecule has 0 atom stereocenters. The van der Waals surface area contributed by atoms with Crippen molar-refractivity contribution in [3.05, 3.63) is 57.0 Å². The van der Waals surface area contributed by atoms with Gasteiger partial charge in [-0.05, 0) is 50.6 Å². The third-order valence-electron chi connectivity index (χ3n) is 4.35. The van der Waals surface area contributed by atoms with E-state index in [9.17, 15) is 19.2 Å². The van der Waals surface area contributed by atoms with Gasteiger partial charge in [-0.25, -0.2) is 14.6 Å². The van der Waals surface area contributed by atoms with Gasteiger partial charge >= 0.3 is 11.9 Å². The number of carbonyl (C=O) groups is 3. The first-order valence-corrected chi connectivity index (χ1v) is 10.2. The standard InChI is InChI=1S/C21H21N3O6S/c1-11(2)30-20(27)13-5-7-14(8-6-13)23-15(25)9-24-10-22-18-16(19(24)26)12(3)17(31-18)21(28)29-4/h5-8,10-11H,9H2,1-4H3,(H,23,25). The summed E-state index contributed by atoms with van der Waals surface area (Å²) in [7, 11) is 1.27. The molecule has 1 N–H and O–H groups in total. The third-order valence-corrected chi connectivity index (χ3v) is 5.53. The minimum atomic E-state index is -0.537. The van der Waals surface area contributed by atoms with Crippen LogP contribution in [0.25, 0.3) is 10.2 Å². The number of benzene rings is 1. The number of thiophene rings is 1. The smallest absolute Gasteiger partial charge is 0.348 e. The Morgan fingerprint density at radius 3 is 2.45 bits per heavy atom. The van der Waals surface area contributed by atoms with Gasteiger partial charge in [0.05, 0.1) is 30.5 Å². The highest BCUT2D eigenvalue weighted by molar-refractivity contribution is 7.20. The average molecular weight is 443 g/mol. The van der Waals surface area contributed by atoms with E-state index in [4.69, 9.17) is 9.47 Å². The minimum absolute atomic E-state index is 0.230. The van der Waals surface area contributed by atoms with Gasteiger partial charge in [-0.2, -0.15) is 0 Å². The molecule has 0 saturated heterocycles. The topological polar surface area (TPSA) is 117 Å². The van der Waals surface area contributed by atoms with E-state index in [1.807, 2.05) is 0 Å². The zero-order valence-corrected chi connectivity index (χ0v) is 18.2. The maximum Gasteiger partial charge on any atom is 0.348 e. The van der Waals surface area contributed by atoms with E-state index in [0.29, 0.717) is 26.5 Å². The summed E-state index contributed by atoms with van der Waals surface area (Å²) in [6, 6.07) is 6.24. The van der Waals surface area contributed by atoms with Crippen molar-refractivity contribution in [2.24, 2.45) is 0 Å². The first-order valence-electron chi connectivity index (χ1n) is 9.39. The molecule has 1 aromatic carbocycles. The van der Waals surface area contributed by atoms with Gasteiger partial charge in [-0.1, -0.05) is 0 Å². The number of carbonyl (C=O) groups excluding carboxylic acids is 3. The SMILES string of the molecule is COC(=O)c1sc2ncn(CC(=O)Nc3ccc(C(=O)OC(C)C)cc3)c(=O)c2c1C. The summed E-state index contributed by atoms with van der Waals surface area (Å²) in [5.74, 6) is -1.43.